The minimum Gasteiger partial charge on any atom is -0.497 e. The first-order valence-corrected chi connectivity index (χ1v) is 9.37. The fourth-order valence-electron chi connectivity index (χ4n) is 3.59. The fraction of sp³-hybridized carbons (Fsp3) is 0.300. The number of benzene rings is 1. The molecular weight excluding hydrogens is 386 g/mol. The SMILES string of the molecule is COc1cccc(C(n2cc(NC(=O)c3cncnc3N)cn2)C2(OC)CNC2)c1. The first kappa shape index (κ1) is 19.8. The third-order valence-corrected chi connectivity index (χ3v) is 5.27. The molecule has 0 radical (unpaired) electrons. The second-order valence-corrected chi connectivity index (χ2v) is 7.04. The van der Waals surface area contributed by atoms with Gasteiger partial charge < -0.3 is 25.8 Å². The van der Waals surface area contributed by atoms with Crippen molar-refractivity contribution in [3.05, 3.63) is 60.3 Å². The van der Waals surface area contributed by atoms with Crippen LogP contribution in [-0.2, 0) is 4.74 Å². The molecule has 0 spiro atoms. The average Bonchev–Trinajstić information content (AvgIpc) is 3.18. The van der Waals surface area contributed by atoms with Gasteiger partial charge in [-0.3, -0.25) is 9.48 Å². The average molecular weight is 409 g/mol. The molecule has 0 bridgehead atoms. The van der Waals surface area contributed by atoms with Gasteiger partial charge in [0.25, 0.3) is 5.91 Å². The first-order chi connectivity index (χ1) is 14.6. The van der Waals surface area contributed by atoms with Gasteiger partial charge in [0.1, 0.15) is 35.1 Å². The smallest absolute Gasteiger partial charge is 0.261 e. The number of methoxy groups -OCH3 is 2. The van der Waals surface area contributed by atoms with Crippen molar-refractivity contribution in [1.82, 2.24) is 25.1 Å². The number of hydrogen-bond acceptors (Lipinski definition) is 8. The zero-order valence-electron chi connectivity index (χ0n) is 16.7. The Morgan fingerprint density at radius 3 is 2.83 bits per heavy atom. The van der Waals surface area contributed by atoms with E-state index in [1.54, 1.807) is 31.3 Å². The molecule has 1 atom stereocenters. The highest BCUT2D eigenvalue weighted by Gasteiger charge is 2.47. The highest BCUT2D eigenvalue weighted by atomic mass is 16.5. The van der Waals surface area contributed by atoms with E-state index in [1.165, 1.54) is 12.5 Å². The van der Waals surface area contributed by atoms with Crippen LogP contribution in [0.3, 0.4) is 0 Å². The molecule has 10 heteroatoms. The van der Waals surface area contributed by atoms with E-state index >= 15 is 0 Å². The van der Waals surface area contributed by atoms with Gasteiger partial charge >= 0.3 is 0 Å². The van der Waals surface area contributed by atoms with Crippen LogP contribution in [0, 0.1) is 0 Å². The van der Waals surface area contributed by atoms with Crippen LogP contribution in [0.1, 0.15) is 22.0 Å². The largest absolute Gasteiger partial charge is 0.497 e. The summed E-state index contributed by atoms with van der Waals surface area (Å²) in [7, 11) is 3.32. The summed E-state index contributed by atoms with van der Waals surface area (Å²) in [6, 6.07) is 7.57. The quantitative estimate of drug-likeness (QED) is 0.529. The Morgan fingerprint density at radius 1 is 1.33 bits per heavy atom. The summed E-state index contributed by atoms with van der Waals surface area (Å²) in [5.41, 5.74) is 7.00. The topological polar surface area (TPSA) is 129 Å². The number of nitrogens with one attached hydrogen (secondary N) is 2. The van der Waals surface area contributed by atoms with Crippen molar-refractivity contribution >= 4 is 17.4 Å². The maximum Gasteiger partial charge on any atom is 0.261 e. The summed E-state index contributed by atoms with van der Waals surface area (Å²) in [4.78, 5) is 20.2. The Kier molecular flexibility index (Phi) is 5.34. The molecule has 3 heterocycles. The van der Waals surface area contributed by atoms with Crippen molar-refractivity contribution in [3.8, 4) is 5.75 Å². The van der Waals surface area contributed by atoms with E-state index in [0.717, 1.165) is 11.3 Å². The molecule has 1 fully saturated rings. The van der Waals surface area contributed by atoms with Gasteiger partial charge in [-0.25, -0.2) is 9.97 Å². The van der Waals surface area contributed by atoms with Crippen LogP contribution >= 0.6 is 0 Å². The number of amides is 1. The normalized spacial score (nSPS) is 15.8. The maximum atomic E-state index is 12.5. The molecule has 10 nitrogen and oxygen atoms in total. The van der Waals surface area contributed by atoms with Gasteiger partial charge in [0.05, 0.1) is 19.0 Å². The Bertz CT molecular complexity index is 1040. The number of aromatic nitrogens is 4. The number of hydrogen-bond donors (Lipinski definition) is 3. The summed E-state index contributed by atoms with van der Waals surface area (Å²) in [5.74, 6) is 0.455. The van der Waals surface area contributed by atoms with Gasteiger partial charge in [-0.05, 0) is 17.7 Å². The predicted octanol–water partition coefficient (Wildman–Crippen LogP) is 1.09. The number of ether oxygens (including phenoxy) is 2. The fourth-order valence-corrected chi connectivity index (χ4v) is 3.59. The van der Waals surface area contributed by atoms with E-state index in [2.05, 4.69) is 25.7 Å². The third kappa shape index (κ3) is 3.58. The summed E-state index contributed by atoms with van der Waals surface area (Å²) in [6.07, 6.45) is 6.02. The molecule has 4 rings (SSSR count). The highest BCUT2D eigenvalue weighted by Crippen LogP contribution is 2.37. The number of anilines is 2. The molecule has 0 saturated carbocycles. The van der Waals surface area contributed by atoms with Gasteiger partial charge in [0, 0.05) is 32.6 Å². The lowest BCUT2D eigenvalue weighted by molar-refractivity contribution is -0.0814. The molecule has 1 aliphatic heterocycles. The standard InChI is InChI=1S/C20H23N7O3/c1-29-15-5-3-4-13(6-15)17(20(30-2)10-23-11-20)27-9-14(7-25-27)26-19(28)16-8-22-12-24-18(16)21/h3-9,12,17,23H,10-11H2,1-2H3,(H,26,28)(H2,21,22,24). The van der Waals surface area contributed by atoms with E-state index in [-0.39, 0.29) is 17.4 Å². The molecule has 1 amide bonds. The first-order valence-electron chi connectivity index (χ1n) is 9.37. The third-order valence-electron chi connectivity index (χ3n) is 5.27. The van der Waals surface area contributed by atoms with E-state index in [9.17, 15) is 4.79 Å². The molecular formula is C20H23N7O3. The van der Waals surface area contributed by atoms with Gasteiger partial charge in [-0.1, -0.05) is 12.1 Å². The number of nitrogen functional groups attached to an aromatic ring is 1. The molecule has 1 saturated heterocycles. The molecule has 1 unspecified atom stereocenters. The lowest BCUT2D eigenvalue weighted by Gasteiger charge is -2.47. The second kappa shape index (κ2) is 8.09. The number of carbonyl (C=O) groups is 1. The Morgan fingerprint density at radius 2 is 2.17 bits per heavy atom. The van der Waals surface area contributed by atoms with Crippen molar-refractivity contribution in [2.24, 2.45) is 0 Å². The van der Waals surface area contributed by atoms with Crippen LogP contribution in [0.4, 0.5) is 11.5 Å². The molecule has 1 aromatic carbocycles. The van der Waals surface area contributed by atoms with E-state index in [1.807, 2.05) is 24.3 Å². The van der Waals surface area contributed by atoms with Crippen LogP contribution in [0.15, 0.2) is 49.2 Å². The van der Waals surface area contributed by atoms with Crippen molar-refractivity contribution < 1.29 is 14.3 Å². The van der Waals surface area contributed by atoms with E-state index in [4.69, 9.17) is 15.2 Å². The molecule has 1 aliphatic rings. The molecule has 2 aromatic heterocycles. The van der Waals surface area contributed by atoms with Crippen LogP contribution < -0.4 is 21.1 Å². The van der Waals surface area contributed by atoms with Crippen molar-refractivity contribution in [3.63, 3.8) is 0 Å². The molecule has 156 valence electrons. The number of rotatable bonds is 7. The van der Waals surface area contributed by atoms with Crippen LogP contribution in [0.25, 0.3) is 0 Å². The summed E-state index contributed by atoms with van der Waals surface area (Å²) < 4.78 is 13.1. The van der Waals surface area contributed by atoms with E-state index in [0.29, 0.717) is 18.8 Å². The van der Waals surface area contributed by atoms with Crippen LogP contribution in [-0.4, -0.2) is 58.6 Å². The predicted molar refractivity (Wildman–Crippen MR) is 110 cm³/mol. The summed E-state index contributed by atoms with van der Waals surface area (Å²) in [6.45, 7) is 1.34. The maximum absolute atomic E-state index is 12.5. The van der Waals surface area contributed by atoms with Crippen LogP contribution in [0.2, 0.25) is 0 Å². The van der Waals surface area contributed by atoms with Crippen molar-refractivity contribution in [1.29, 1.82) is 0 Å². The van der Waals surface area contributed by atoms with Gasteiger partial charge in [-0.2, -0.15) is 5.10 Å². The van der Waals surface area contributed by atoms with Crippen molar-refractivity contribution in [2.75, 3.05) is 38.4 Å². The summed E-state index contributed by atoms with van der Waals surface area (Å²) in [5, 5.41) is 10.6. The Hall–Kier alpha value is -3.50. The molecule has 3 aromatic rings. The Labute approximate surface area is 173 Å². The minimum absolute atomic E-state index is 0.114. The molecule has 0 aliphatic carbocycles. The zero-order valence-corrected chi connectivity index (χ0v) is 16.7. The number of carbonyl (C=O) groups excluding carboxylic acids is 1. The van der Waals surface area contributed by atoms with Gasteiger partial charge in [0.15, 0.2) is 0 Å². The number of nitrogens with two attached hydrogens (primary N) is 1. The zero-order chi connectivity index (χ0) is 21.1. The van der Waals surface area contributed by atoms with Gasteiger partial charge in [-0.15, -0.1) is 0 Å². The molecule has 4 N–H and O–H groups in total. The number of nitrogens with zero attached hydrogens (tertiary/aromatic N) is 4. The molecule has 30 heavy (non-hydrogen) atoms. The van der Waals surface area contributed by atoms with Gasteiger partial charge in [0.2, 0.25) is 0 Å². The summed E-state index contributed by atoms with van der Waals surface area (Å²) >= 11 is 0. The minimum atomic E-state index is -0.475. The highest BCUT2D eigenvalue weighted by molar-refractivity contribution is 6.06. The van der Waals surface area contributed by atoms with E-state index < -0.39 is 11.5 Å². The Balaban J connectivity index is 1.65. The van der Waals surface area contributed by atoms with Crippen molar-refractivity contribution in [2.45, 2.75) is 11.6 Å². The van der Waals surface area contributed by atoms with Crippen LogP contribution in [0.5, 0.6) is 5.75 Å². The monoisotopic (exact) mass is 409 g/mol. The second-order valence-electron chi connectivity index (χ2n) is 7.04. The lowest BCUT2D eigenvalue weighted by atomic mass is 9.83. The lowest BCUT2D eigenvalue weighted by Crippen LogP contribution is -2.65.